The van der Waals surface area contributed by atoms with Crippen molar-refractivity contribution in [3.63, 3.8) is 0 Å². The van der Waals surface area contributed by atoms with Gasteiger partial charge in [-0.25, -0.2) is 9.97 Å². The predicted molar refractivity (Wildman–Crippen MR) is 77.4 cm³/mol. The van der Waals surface area contributed by atoms with E-state index >= 15 is 0 Å². The van der Waals surface area contributed by atoms with Gasteiger partial charge in [-0.2, -0.15) is 4.52 Å². The Morgan fingerprint density at radius 1 is 1.45 bits per heavy atom. The fraction of sp³-hybridized carbons (Fsp3) is 0.643. The lowest BCUT2D eigenvalue weighted by Gasteiger charge is -2.37. The maximum absolute atomic E-state index is 12.0. The minimum absolute atomic E-state index is 0.151. The molecule has 2 fully saturated rings. The average molecular weight is 305 g/mol. The molecule has 2 aromatic heterocycles. The number of fused-ring (bicyclic) bond motifs is 2. The summed E-state index contributed by atoms with van der Waals surface area (Å²) in [6.45, 7) is 2.33. The summed E-state index contributed by atoms with van der Waals surface area (Å²) in [4.78, 5) is 22.8. The standard InChI is InChI=1S/C14H19N5O3/c20-7-9-3-11-12(4-9)22-2-1-18(11)6-10-5-13(21)19-14(17-10)15-8-16-19/h5,8-9,11-12,20H,1-4,6-7H2,(H,15,16,17)/t9-,11+,12?/m1/s1. The summed E-state index contributed by atoms with van der Waals surface area (Å²) in [5, 5.41) is 12.1. The van der Waals surface area contributed by atoms with Crippen LogP contribution < -0.4 is 5.56 Å². The van der Waals surface area contributed by atoms with Crippen LogP contribution in [0.3, 0.4) is 0 Å². The number of aromatic amines is 1. The van der Waals surface area contributed by atoms with Crippen molar-refractivity contribution in [2.24, 2.45) is 5.92 Å². The Balaban J connectivity index is 1.57. The summed E-state index contributed by atoms with van der Waals surface area (Å²) in [5.41, 5.74) is 0.576. The van der Waals surface area contributed by atoms with Gasteiger partial charge in [-0.3, -0.25) is 14.8 Å². The van der Waals surface area contributed by atoms with Crippen LogP contribution in [0.2, 0.25) is 0 Å². The van der Waals surface area contributed by atoms with E-state index in [2.05, 4.69) is 20.0 Å². The number of nitrogens with zero attached hydrogens (tertiary/aromatic N) is 4. The molecule has 1 aliphatic heterocycles. The van der Waals surface area contributed by atoms with Crippen LogP contribution in [0.15, 0.2) is 17.2 Å². The molecule has 1 aliphatic carbocycles. The Labute approximate surface area is 126 Å². The molecule has 1 saturated carbocycles. The molecule has 3 heterocycles. The minimum Gasteiger partial charge on any atom is -0.396 e. The summed E-state index contributed by atoms with van der Waals surface area (Å²) in [5.74, 6) is 0.704. The lowest BCUT2D eigenvalue weighted by molar-refractivity contribution is -0.0594. The highest BCUT2D eigenvalue weighted by molar-refractivity contribution is 5.26. The van der Waals surface area contributed by atoms with Crippen molar-refractivity contribution in [1.82, 2.24) is 24.5 Å². The quantitative estimate of drug-likeness (QED) is 0.785. The van der Waals surface area contributed by atoms with E-state index in [0.717, 1.165) is 25.1 Å². The van der Waals surface area contributed by atoms with E-state index in [1.54, 1.807) is 6.07 Å². The van der Waals surface area contributed by atoms with E-state index in [1.165, 1.54) is 10.8 Å². The van der Waals surface area contributed by atoms with Crippen LogP contribution in [0.5, 0.6) is 0 Å². The summed E-state index contributed by atoms with van der Waals surface area (Å²) >= 11 is 0. The normalized spacial score (nSPS) is 29.0. The number of aliphatic hydroxyl groups is 1. The fourth-order valence-electron chi connectivity index (χ4n) is 3.63. The van der Waals surface area contributed by atoms with Gasteiger partial charge >= 0.3 is 0 Å². The first-order valence-corrected chi connectivity index (χ1v) is 7.63. The fourth-order valence-corrected chi connectivity index (χ4v) is 3.63. The molecule has 1 saturated heterocycles. The summed E-state index contributed by atoms with van der Waals surface area (Å²) in [7, 11) is 0. The van der Waals surface area contributed by atoms with E-state index in [1.807, 2.05) is 0 Å². The average Bonchev–Trinajstić information content (AvgIpc) is 3.13. The van der Waals surface area contributed by atoms with Crippen molar-refractivity contribution in [2.45, 2.75) is 31.5 Å². The molecule has 0 aromatic carbocycles. The first kappa shape index (κ1) is 13.9. The Morgan fingerprint density at radius 3 is 3.23 bits per heavy atom. The van der Waals surface area contributed by atoms with Gasteiger partial charge in [-0.1, -0.05) is 0 Å². The molecule has 118 valence electrons. The number of H-pyrrole nitrogens is 1. The van der Waals surface area contributed by atoms with E-state index in [-0.39, 0.29) is 18.3 Å². The summed E-state index contributed by atoms with van der Waals surface area (Å²) < 4.78 is 7.15. The Hall–Kier alpha value is -1.77. The molecule has 3 atom stereocenters. The Kier molecular flexibility index (Phi) is 3.44. The number of nitrogens with one attached hydrogen (secondary N) is 1. The first-order valence-electron chi connectivity index (χ1n) is 7.63. The summed E-state index contributed by atoms with van der Waals surface area (Å²) in [6, 6.07) is 1.85. The maximum atomic E-state index is 12.0. The number of aliphatic hydroxyl groups excluding tert-OH is 1. The molecule has 0 bridgehead atoms. The second-order valence-electron chi connectivity index (χ2n) is 6.08. The molecule has 2 N–H and O–H groups in total. The highest BCUT2D eigenvalue weighted by atomic mass is 16.5. The molecular formula is C14H19N5O3. The van der Waals surface area contributed by atoms with Crippen molar-refractivity contribution >= 4 is 5.78 Å². The van der Waals surface area contributed by atoms with Gasteiger partial charge in [0.2, 0.25) is 0 Å². The molecular weight excluding hydrogens is 286 g/mol. The number of ether oxygens (including phenoxy) is 1. The van der Waals surface area contributed by atoms with Gasteiger partial charge in [0.25, 0.3) is 11.3 Å². The smallest absolute Gasteiger partial charge is 0.274 e. The summed E-state index contributed by atoms with van der Waals surface area (Å²) in [6.07, 6.45) is 3.49. The number of morpholine rings is 1. The highest BCUT2D eigenvalue weighted by Crippen LogP contribution is 2.34. The monoisotopic (exact) mass is 305 g/mol. The second kappa shape index (κ2) is 5.45. The van der Waals surface area contributed by atoms with Crippen LogP contribution in [-0.4, -0.2) is 61.5 Å². The van der Waals surface area contributed by atoms with Crippen molar-refractivity contribution in [2.75, 3.05) is 19.8 Å². The van der Waals surface area contributed by atoms with Crippen LogP contribution in [0.4, 0.5) is 0 Å². The topological polar surface area (TPSA) is 95.8 Å². The Bertz CT molecular complexity index is 727. The maximum Gasteiger partial charge on any atom is 0.274 e. The molecule has 0 spiro atoms. The zero-order valence-electron chi connectivity index (χ0n) is 12.2. The lowest BCUT2D eigenvalue weighted by Crippen LogP contribution is -2.48. The molecule has 0 radical (unpaired) electrons. The molecule has 1 unspecified atom stereocenters. The van der Waals surface area contributed by atoms with Crippen molar-refractivity contribution in [3.8, 4) is 0 Å². The molecule has 8 nitrogen and oxygen atoms in total. The minimum atomic E-state index is -0.151. The third-order valence-electron chi connectivity index (χ3n) is 4.69. The van der Waals surface area contributed by atoms with E-state index in [9.17, 15) is 9.90 Å². The van der Waals surface area contributed by atoms with Gasteiger partial charge < -0.3 is 9.84 Å². The van der Waals surface area contributed by atoms with Crippen LogP contribution in [0.1, 0.15) is 18.5 Å². The first-order chi connectivity index (χ1) is 10.7. The van der Waals surface area contributed by atoms with Gasteiger partial charge in [0.1, 0.15) is 6.33 Å². The number of rotatable bonds is 3. The number of hydrogen-bond acceptors (Lipinski definition) is 6. The second-order valence-corrected chi connectivity index (χ2v) is 6.08. The molecule has 0 amide bonds. The Morgan fingerprint density at radius 2 is 2.36 bits per heavy atom. The van der Waals surface area contributed by atoms with Crippen LogP contribution in [-0.2, 0) is 11.3 Å². The van der Waals surface area contributed by atoms with Crippen molar-refractivity contribution in [1.29, 1.82) is 0 Å². The third kappa shape index (κ3) is 2.33. The molecule has 2 aliphatic rings. The van der Waals surface area contributed by atoms with Crippen LogP contribution in [0.25, 0.3) is 5.78 Å². The van der Waals surface area contributed by atoms with Gasteiger partial charge in [0.15, 0.2) is 0 Å². The predicted octanol–water partition coefficient (Wildman–Crippen LogP) is -0.611. The SMILES string of the molecule is O=c1cc(CN2CCOC3C[C@H](CO)C[C@@H]32)nc2nc[nH]n12. The van der Waals surface area contributed by atoms with Gasteiger partial charge in [0, 0.05) is 31.8 Å². The van der Waals surface area contributed by atoms with Gasteiger partial charge in [-0.15, -0.1) is 0 Å². The molecule has 2 aromatic rings. The largest absolute Gasteiger partial charge is 0.396 e. The number of hydrogen-bond donors (Lipinski definition) is 2. The third-order valence-corrected chi connectivity index (χ3v) is 4.69. The van der Waals surface area contributed by atoms with Crippen molar-refractivity contribution in [3.05, 3.63) is 28.4 Å². The van der Waals surface area contributed by atoms with Gasteiger partial charge in [0.05, 0.1) is 18.4 Å². The van der Waals surface area contributed by atoms with Crippen LogP contribution in [0, 0.1) is 5.92 Å². The van der Waals surface area contributed by atoms with Crippen LogP contribution >= 0.6 is 0 Å². The zero-order chi connectivity index (χ0) is 15.1. The highest BCUT2D eigenvalue weighted by Gasteiger charge is 2.40. The molecule has 4 rings (SSSR count). The molecule has 8 heteroatoms. The molecule has 22 heavy (non-hydrogen) atoms. The van der Waals surface area contributed by atoms with E-state index in [0.29, 0.717) is 30.9 Å². The zero-order valence-corrected chi connectivity index (χ0v) is 12.2. The van der Waals surface area contributed by atoms with E-state index < -0.39 is 0 Å². The van der Waals surface area contributed by atoms with E-state index in [4.69, 9.17) is 4.74 Å². The number of aromatic nitrogens is 4. The van der Waals surface area contributed by atoms with Gasteiger partial charge in [-0.05, 0) is 18.8 Å². The lowest BCUT2D eigenvalue weighted by atomic mass is 10.1. The van der Waals surface area contributed by atoms with Crippen molar-refractivity contribution < 1.29 is 9.84 Å².